The maximum atomic E-state index is 16.1. The molecule has 3 aliphatic carbocycles. The van der Waals surface area contributed by atoms with Gasteiger partial charge in [-0.3, -0.25) is 33.8 Å². The molecule has 0 spiro atoms. The van der Waals surface area contributed by atoms with Gasteiger partial charge < -0.3 is 15.9 Å². The molecule has 210 valence electrons. The topological polar surface area (TPSA) is 158 Å². The predicted molar refractivity (Wildman–Crippen MR) is 135 cm³/mol. The summed E-state index contributed by atoms with van der Waals surface area (Å²) in [7, 11) is 3.03. The molecule has 0 aromatic heterocycles. The van der Waals surface area contributed by atoms with Crippen molar-refractivity contribution < 1.29 is 38.6 Å². The van der Waals surface area contributed by atoms with Crippen LogP contribution in [0.3, 0.4) is 0 Å². The number of primary amides is 1. The highest BCUT2D eigenvalue weighted by Crippen LogP contribution is 2.52. The number of phenols is 1. The van der Waals surface area contributed by atoms with Gasteiger partial charge in [0.2, 0.25) is 5.91 Å². The number of ketones is 4. The molecule has 10 nitrogen and oxygen atoms in total. The summed E-state index contributed by atoms with van der Waals surface area (Å²) in [6.45, 7) is 6.80. The van der Waals surface area contributed by atoms with E-state index in [1.54, 1.807) is 0 Å². The van der Waals surface area contributed by atoms with Crippen LogP contribution in [0, 0.1) is 29.5 Å². The van der Waals surface area contributed by atoms with Gasteiger partial charge in [0.1, 0.15) is 11.6 Å². The zero-order valence-electron chi connectivity index (χ0n) is 22.7. The van der Waals surface area contributed by atoms with E-state index in [9.17, 15) is 34.2 Å². The molecular weight excluding hydrogens is 509 g/mol. The molecule has 1 aromatic rings. The average molecular weight is 544 g/mol. The van der Waals surface area contributed by atoms with Gasteiger partial charge in [-0.15, -0.1) is 0 Å². The number of carbonyl (C=O) groups excluding carboxylic acids is 5. The molecule has 4 N–H and O–H groups in total. The van der Waals surface area contributed by atoms with Crippen molar-refractivity contribution in [3.8, 4) is 5.75 Å². The van der Waals surface area contributed by atoms with Crippen molar-refractivity contribution in [3.63, 3.8) is 0 Å². The van der Waals surface area contributed by atoms with E-state index in [1.807, 2.05) is 20.8 Å². The molecule has 39 heavy (non-hydrogen) atoms. The van der Waals surface area contributed by atoms with Crippen molar-refractivity contribution >= 4 is 29.0 Å². The van der Waals surface area contributed by atoms with Crippen LogP contribution in [-0.4, -0.2) is 86.9 Å². The van der Waals surface area contributed by atoms with Gasteiger partial charge in [-0.05, 0) is 60.0 Å². The SMILES string of the molecule is CN(C)[C@@H]1C(=O)C(C(N)=O)C(=O)[C@@]2(O)C(=O)C3C(=O)c4c(O)c5c(c(F)c4C[C@H]3C[C@@H]12)CN(C(C)(C)C)CC5. The third-order valence-electron chi connectivity index (χ3n) is 9.30. The van der Waals surface area contributed by atoms with Crippen LogP contribution in [0.4, 0.5) is 4.39 Å². The molecule has 6 atom stereocenters. The van der Waals surface area contributed by atoms with E-state index < -0.39 is 70.2 Å². The quantitative estimate of drug-likeness (QED) is 0.442. The Morgan fingerprint density at radius 3 is 2.31 bits per heavy atom. The molecule has 0 radical (unpaired) electrons. The number of hydrogen-bond acceptors (Lipinski definition) is 9. The van der Waals surface area contributed by atoms with Crippen LogP contribution in [-0.2, 0) is 38.6 Å². The number of rotatable bonds is 2. The number of Topliss-reactive ketones (excluding diaryl/α,β-unsaturated/α-hetero) is 4. The molecule has 11 heteroatoms. The van der Waals surface area contributed by atoms with Gasteiger partial charge in [0, 0.05) is 41.2 Å². The number of carbonyl (C=O) groups is 5. The molecule has 5 rings (SSSR count). The van der Waals surface area contributed by atoms with Crippen LogP contribution in [0.15, 0.2) is 0 Å². The summed E-state index contributed by atoms with van der Waals surface area (Å²) in [4.78, 5) is 69.7. The van der Waals surface area contributed by atoms with Crippen molar-refractivity contribution in [2.24, 2.45) is 29.4 Å². The van der Waals surface area contributed by atoms with E-state index in [0.717, 1.165) is 0 Å². The van der Waals surface area contributed by atoms with Gasteiger partial charge in [-0.25, -0.2) is 4.39 Å². The number of hydrogen-bond donors (Lipinski definition) is 3. The van der Waals surface area contributed by atoms with Crippen LogP contribution in [0.25, 0.3) is 0 Å². The third-order valence-corrected chi connectivity index (χ3v) is 9.30. The minimum absolute atomic E-state index is 0.0105. The molecule has 1 amide bonds. The first-order valence-corrected chi connectivity index (χ1v) is 13.2. The minimum Gasteiger partial charge on any atom is -0.507 e. The molecule has 1 aliphatic heterocycles. The zero-order chi connectivity index (χ0) is 28.9. The number of likely N-dealkylation sites (N-methyl/N-ethyl adjacent to an activating group) is 1. The number of benzene rings is 1. The highest BCUT2D eigenvalue weighted by atomic mass is 19.1. The van der Waals surface area contributed by atoms with E-state index in [4.69, 9.17) is 5.73 Å². The first kappa shape index (κ1) is 27.5. The van der Waals surface area contributed by atoms with Crippen molar-refractivity contribution in [1.82, 2.24) is 9.80 Å². The van der Waals surface area contributed by atoms with Crippen LogP contribution < -0.4 is 5.73 Å². The number of nitrogens with zero attached hydrogens (tertiary/aromatic N) is 2. The second-order valence-corrected chi connectivity index (χ2v) is 12.6. The molecule has 0 bridgehead atoms. The first-order valence-electron chi connectivity index (χ1n) is 13.2. The lowest BCUT2D eigenvalue weighted by Crippen LogP contribution is -2.74. The van der Waals surface area contributed by atoms with E-state index in [1.165, 1.54) is 19.0 Å². The molecule has 4 aliphatic rings. The number of aliphatic hydroxyl groups is 1. The smallest absolute Gasteiger partial charge is 0.235 e. The Labute approximate surface area is 225 Å². The highest BCUT2D eigenvalue weighted by molar-refractivity contribution is 6.32. The van der Waals surface area contributed by atoms with Crippen molar-refractivity contribution in [2.45, 2.75) is 63.8 Å². The fourth-order valence-corrected chi connectivity index (χ4v) is 7.32. The largest absolute Gasteiger partial charge is 0.507 e. The molecular formula is C28H34FN3O7. The van der Waals surface area contributed by atoms with Gasteiger partial charge >= 0.3 is 0 Å². The Morgan fingerprint density at radius 2 is 1.74 bits per heavy atom. The third kappa shape index (κ3) is 3.66. The van der Waals surface area contributed by atoms with E-state index in [-0.39, 0.29) is 41.8 Å². The minimum atomic E-state index is -2.80. The summed E-state index contributed by atoms with van der Waals surface area (Å²) in [6.07, 6.45) is 0.0959. The van der Waals surface area contributed by atoms with Crippen LogP contribution >= 0.6 is 0 Å². The Kier molecular flexibility index (Phi) is 6.17. The van der Waals surface area contributed by atoms with Crippen LogP contribution in [0.5, 0.6) is 5.75 Å². The summed E-state index contributed by atoms with van der Waals surface area (Å²) in [5.74, 6) is -12.0. The van der Waals surface area contributed by atoms with Gasteiger partial charge in [0.05, 0.1) is 17.5 Å². The first-order chi connectivity index (χ1) is 18.0. The molecule has 2 fully saturated rings. The normalized spacial score (nSPS) is 33.0. The summed E-state index contributed by atoms with van der Waals surface area (Å²) in [5.41, 5.74) is 2.64. The van der Waals surface area contributed by atoms with Crippen molar-refractivity contribution in [2.75, 3.05) is 20.6 Å². The Bertz CT molecular complexity index is 1350. The number of halogens is 1. The summed E-state index contributed by atoms with van der Waals surface area (Å²) >= 11 is 0. The number of phenolic OH excluding ortho intramolecular Hbond substituents is 1. The average Bonchev–Trinajstić information content (AvgIpc) is 2.83. The standard InChI is InChI=1S/C28H34FN3O7/c1-27(2,3)32-7-6-12-14(10-32)19(29)13-8-11-9-15-20(31(4)5)23(35)18(26(30)38)25(37)28(15,39)24(36)16(11)22(34)17(13)21(12)33/h11,15-16,18,20,33,39H,6-10H2,1-5H3,(H2,30,38)/t11-,15-,16?,18?,20-,28-/m0/s1. The van der Waals surface area contributed by atoms with Gasteiger partial charge in [0.25, 0.3) is 0 Å². The molecule has 0 saturated heterocycles. The second kappa shape index (κ2) is 8.74. The number of fused-ring (bicyclic) bond motifs is 4. The zero-order valence-corrected chi connectivity index (χ0v) is 22.7. The van der Waals surface area contributed by atoms with E-state index in [2.05, 4.69) is 4.90 Å². The maximum absolute atomic E-state index is 16.1. The lowest BCUT2D eigenvalue weighted by atomic mass is 9.52. The predicted octanol–water partition coefficient (Wildman–Crippen LogP) is 0.163. The fraction of sp³-hybridized carbons (Fsp3) is 0.607. The van der Waals surface area contributed by atoms with Crippen molar-refractivity contribution in [3.05, 3.63) is 28.1 Å². The summed E-state index contributed by atoms with van der Waals surface area (Å²) in [5, 5.41) is 22.8. The van der Waals surface area contributed by atoms with Crippen LogP contribution in [0.2, 0.25) is 0 Å². The van der Waals surface area contributed by atoms with E-state index >= 15 is 4.39 Å². The van der Waals surface area contributed by atoms with Crippen LogP contribution in [0.1, 0.15) is 54.2 Å². The number of amides is 1. The maximum Gasteiger partial charge on any atom is 0.235 e. The lowest BCUT2D eigenvalue weighted by molar-refractivity contribution is -0.181. The highest BCUT2D eigenvalue weighted by Gasteiger charge is 2.69. The summed E-state index contributed by atoms with van der Waals surface area (Å²) in [6, 6.07) is -1.20. The Balaban J connectivity index is 1.63. The van der Waals surface area contributed by atoms with Gasteiger partial charge in [-0.1, -0.05) is 0 Å². The second-order valence-electron chi connectivity index (χ2n) is 12.6. The van der Waals surface area contributed by atoms with Gasteiger partial charge in [0.15, 0.2) is 34.7 Å². The molecule has 1 heterocycles. The van der Waals surface area contributed by atoms with E-state index in [0.29, 0.717) is 24.1 Å². The molecule has 2 saturated carbocycles. The molecule has 2 unspecified atom stereocenters. The molecule has 1 aromatic carbocycles. The number of nitrogens with two attached hydrogens (primary N) is 1. The van der Waals surface area contributed by atoms with Crippen molar-refractivity contribution in [1.29, 1.82) is 0 Å². The fourth-order valence-electron chi connectivity index (χ4n) is 7.32. The summed E-state index contributed by atoms with van der Waals surface area (Å²) < 4.78 is 16.1. The lowest BCUT2D eigenvalue weighted by Gasteiger charge is -2.52. The monoisotopic (exact) mass is 543 g/mol. The Hall–Kier alpha value is -3.02. The Morgan fingerprint density at radius 1 is 1.10 bits per heavy atom. The number of aromatic hydroxyl groups is 1. The van der Waals surface area contributed by atoms with Gasteiger partial charge in [-0.2, -0.15) is 0 Å².